The van der Waals surface area contributed by atoms with Crippen molar-refractivity contribution >= 4 is 5.78 Å². The fourth-order valence-corrected chi connectivity index (χ4v) is 25.5. The minimum Gasteiger partial charge on any atom is -0.396 e. The minimum atomic E-state index is -1.98. The maximum Gasteiger partial charge on any atom is 0.182 e. The number of fused-ring (bicyclic) bond motifs is 9. The van der Waals surface area contributed by atoms with Crippen molar-refractivity contribution in [2.75, 3.05) is 13.2 Å². The van der Waals surface area contributed by atoms with Crippen molar-refractivity contribution in [3.8, 4) is 0 Å². The van der Waals surface area contributed by atoms with E-state index in [0.717, 1.165) is 81.9 Å². The van der Waals surface area contributed by atoms with Crippen LogP contribution in [0, 0.1) is 81.3 Å². The molecule has 3 heterocycles. The third kappa shape index (κ3) is 9.28. The molecule has 0 radical (unpaired) electrons. The first-order valence-corrected chi connectivity index (χ1v) is 36.3. The molecule has 0 aromatic rings. The van der Waals surface area contributed by atoms with Crippen LogP contribution in [-0.4, -0.2) is 142 Å². The highest BCUT2D eigenvalue weighted by Crippen LogP contribution is 2.78. The number of Topliss-reactive ketones (excluding diaryl/α,β-unsaturated/α-hetero) is 1. The van der Waals surface area contributed by atoms with E-state index in [9.17, 15) is 35.7 Å². The largest absolute Gasteiger partial charge is 0.396 e. The third-order valence-electron chi connectivity index (χ3n) is 28.9. The third-order valence-corrected chi connectivity index (χ3v) is 28.9. The molecule has 15 aliphatic rings. The van der Waals surface area contributed by atoms with E-state index in [1.54, 1.807) is 19.4 Å². The Morgan fingerprint density at radius 2 is 1.67 bits per heavy atom. The summed E-state index contributed by atoms with van der Waals surface area (Å²) in [5, 5.41) is 124. The second-order valence-electron chi connectivity index (χ2n) is 33.1. The van der Waals surface area contributed by atoms with Crippen LogP contribution < -0.4 is 16.4 Å². The van der Waals surface area contributed by atoms with Gasteiger partial charge in [0.15, 0.2) is 5.78 Å². The van der Waals surface area contributed by atoms with Crippen LogP contribution in [0.5, 0.6) is 0 Å². The first kappa shape index (κ1) is 62.4. The molecule has 10 fully saturated rings. The lowest BCUT2D eigenvalue weighted by atomic mass is 9.37. The molecule has 15 nitrogen and oxygen atoms in total. The summed E-state index contributed by atoms with van der Waals surface area (Å²) in [4.78, 5) is 16.4. The molecule has 2 spiro atoms. The standard InChI is InChI=1S/C74H109N3O12/c1-4-9-41-12-17-48-55(20-13-41)89-67-61(48)52(80)11-7-27-74(67,87)68(3,84)58-24-30-73(86)63-64(76-38-40(2)79)65(83)50-35-53(81)54(82)37-70(50)36-44(47-19-21-59(75)77-51(47)10-8-31-78)22-29-71(85,66(63)70)39-72(58,73)46-16-14-42-34-57-60-43(32-45(42)33-46)15-18-49(60)62-56(88-57)23-28-69(62)25-5-6-26-69/h18-19,21-22,29,40-42,44-46,48,50,52-59,61-62,66-67,76-82,84-87H,4-17,20,23-28,30-39,75H2,1-3H3. The second kappa shape index (κ2) is 22.7. The number of dihydropyridines is 1. The fraction of sp³-hybridized carbons (Fsp3) is 0.824. The number of aliphatic hydroxyl groups excluding tert-OH is 5. The molecule has 492 valence electrons. The predicted octanol–water partition coefficient (Wildman–Crippen LogP) is 8.05. The number of nitrogens with one attached hydrogen (secondary N) is 2. The van der Waals surface area contributed by atoms with E-state index in [0.29, 0.717) is 67.3 Å². The normalized spacial score (nSPS) is 49.6. The molecule has 26 atom stereocenters. The zero-order valence-corrected chi connectivity index (χ0v) is 53.7. The Bertz CT molecular complexity index is 2960. The summed E-state index contributed by atoms with van der Waals surface area (Å²) in [6.45, 7) is 5.63. The van der Waals surface area contributed by atoms with E-state index in [1.165, 1.54) is 43.3 Å². The zero-order valence-electron chi connectivity index (χ0n) is 53.7. The van der Waals surface area contributed by atoms with Gasteiger partial charge in [-0.3, -0.25) is 4.79 Å². The number of carbonyl (C=O) groups is 1. The lowest BCUT2D eigenvalue weighted by molar-refractivity contribution is -0.277. The zero-order chi connectivity index (χ0) is 62.0. The van der Waals surface area contributed by atoms with Gasteiger partial charge < -0.3 is 71.8 Å². The summed E-state index contributed by atoms with van der Waals surface area (Å²) in [5.41, 5.74) is 3.47. The monoisotopic (exact) mass is 1230 g/mol. The van der Waals surface area contributed by atoms with Gasteiger partial charge in [-0.25, -0.2) is 0 Å². The molecule has 2 saturated heterocycles. The fourth-order valence-electron chi connectivity index (χ4n) is 25.5. The second-order valence-corrected chi connectivity index (χ2v) is 33.1. The average Bonchev–Trinajstić information content (AvgIpc) is 1.53. The van der Waals surface area contributed by atoms with Crippen molar-refractivity contribution in [3.05, 3.63) is 69.6 Å². The number of hydrogen-bond acceptors (Lipinski definition) is 15. The van der Waals surface area contributed by atoms with Crippen LogP contribution in [-0.2, 0) is 14.3 Å². The summed E-state index contributed by atoms with van der Waals surface area (Å²) >= 11 is 0. The number of nitrogens with two attached hydrogens (primary N) is 1. The van der Waals surface area contributed by atoms with Gasteiger partial charge >= 0.3 is 0 Å². The molecular formula is C74H109N3O12. The van der Waals surface area contributed by atoms with Crippen molar-refractivity contribution in [3.63, 3.8) is 0 Å². The molecule has 89 heavy (non-hydrogen) atoms. The number of carbonyl (C=O) groups excluding carboxylic acids is 1. The quantitative estimate of drug-likeness (QED) is 0.0825. The van der Waals surface area contributed by atoms with E-state index in [4.69, 9.17) is 15.2 Å². The number of hydrogen-bond donors (Lipinski definition) is 12. The number of ether oxygens (including phenoxy) is 2. The van der Waals surface area contributed by atoms with Crippen molar-refractivity contribution in [1.82, 2.24) is 10.6 Å². The summed E-state index contributed by atoms with van der Waals surface area (Å²) < 4.78 is 14.7. The maximum atomic E-state index is 16.4. The first-order valence-electron chi connectivity index (χ1n) is 36.3. The van der Waals surface area contributed by atoms with Gasteiger partial charge in [0.1, 0.15) is 5.60 Å². The van der Waals surface area contributed by atoms with Crippen LogP contribution in [0.3, 0.4) is 0 Å². The molecule has 8 saturated carbocycles. The van der Waals surface area contributed by atoms with Crippen molar-refractivity contribution in [1.29, 1.82) is 0 Å². The van der Waals surface area contributed by atoms with Gasteiger partial charge in [-0.05, 0) is 243 Å². The predicted molar refractivity (Wildman–Crippen MR) is 336 cm³/mol. The van der Waals surface area contributed by atoms with E-state index in [1.807, 2.05) is 18.2 Å². The van der Waals surface area contributed by atoms with Gasteiger partial charge in [0, 0.05) is 53.9 Å². The van der Waals surface area contributed by atoms with Gasteiger partial charge in [-0.2, -0.15) is 0 Å². The molecule has 15 rings (SSSR count). The SMILES string of the molecule is CCCC1CCC2OC3C(C(O)CCCC3(O)C(C)(O)C3CCC4(O)C5=C(NCC(C)O)C(=O)C6CC(O)C(O)CC67CC(C6=C(CCCO)NC(N)C=C6)C=CC(O)(CC34C3CCC4CC6OC8CCC9(CCCC9)C8C8=CCC(=C86)CC4C3)C57)C2CC1. The number of aliphatic hydroxyl groups is 9. The first-order chi connectivity index (χ1) is 42.6. The smallest absolute Gasteiger partial charge is 0.182 e. The Morgan fingerprint density at radius 1 is 0.865 bits per heavy atom. The molecule has 3 aliphatic heterocycles. The van der Waals surface area contributed by atoms with Crippen molar-refractivity contribution < 1.29 is 60.2 Å². The van der Waals surface area contributed by atoms with Crippen LogP contribution in [0.4, 0.5) is 0 Å². The molecular weight excluding hydrogens is 1120 g/mol. The van der Waals surface area contributed by atoms with Crippen LogP contribution in [0.1, 0.15) is 207 Å². The maximum absolute atomic E-state index is 16.4. The topological polar surface area (TPSA) is 268 Å². The Labute approximate surface area is 528 Å². The summed E-state index contributed by atoms with van der Waals surface area (Å²) in [7, 11) is 0. The summed E-state index contributed by atoms with van der Waals surface area (Å²) in [5.74, 6) is -2.71. The Balaban J connectivity index is 0.905. The highest BCUT2D eigenvalue weighted by molar-refractivity contribution is 6.00. The summed E-state index contributed by atoms with van der Waals surface area (Å²) in [6.07, 6.45) is 26.3. The van der Waals surface area contributed by atoms with Gasteiger partial charge in [0.2, 0.25) is 0 Å². The molecule has 12 aliphatic carbocycles. The van der Waals surface area contributed by atoms with Crippen molar-refractivity contribution in [2.45, 2.75) is 284 Å². The number of allylic oxidation sites excluding steroid dienone is 7. The Hall–Kier alpha value is -2.77. The molecule has 0 amide bonds. The highest BCUT2D eigenvalue weighted by Gasteiger charge is 2.81. The van der Waals surface area contributed by atoms with Crippen LogP contribution in [0.15, 0.2) is 69.6 Å². The van der Waals surface area contributed by atoms with Crippen LogP contribution in [0.2, 0.25) is 0 Å². The van der Waals surface area contributed by atoms with Gasteiger partial charge in [-0.1, -0.05) is 68.9 Å². The van der Waals surface area contributed by atoms with Gasteiger partial charge in [0.05, 0.1) is 77.5 Å². The van der Waals surface area contributed by atoms with E-state index < -0.39 is 99.5 Å². The van der Waals surface area contributed by atoms with E-state index in [2.05, 4.69) is 29.7 Å². The number of ketones is 1. The lowest BCUT2D eigenvalue weighted by Crippen LogP contribution is -2.75. The van der Waals surface area contributed by atoms with E-state index in [-0.39, 0.29) is 106 Å². The molecule has 0 bridgehead atoms. The van der Waals surface area contributed by atoms with E-state index >= 15 is 15.0 Å². The highest BCUT2D eigenvalue weighted by atomic mass is 16.5. The molecule has 26 unspecified atom stereocenters. The minimum absolute atomic E-state index is 0.00747. The molecule has 0 aromatic heterocycles. The summed E-state index contributed by atoms with van der Waals surface area (Å²) in [6, 6.07) is 0. The Kier molecular flexibility index (Phi) is 15.9. The van der Waals surface area contributed by atoms with Crippen LogP contribution in [0.25, 0.3) is 0 Å². The molecule has 15 heteroatoms. The van der Waals surface area contributed by atoms with Crippen LogP contribution >= 0.6 is 0 Å². The molecule has 13 N–H and O–H groups in total. The van der Waals surface area contributed by atoms with Gasteiger partial charge in [0.25, 0.3) is 0 Å². The van der Waals surface area contributed by atoms with Crippen molar-refractivity contribution in [2.24, 2.45) is 87.1 Å². The number of rotatable bonds is 12. The lowest BCUT2D eigenvalue weighted by Gasteiger charge is -2.69. The Morgan fingerprint density at radius 3 is 2.46 bits per heavy atom. The average molecular weight is 1230 g/mol. The van der Waals surface area contributed by atoms with Gasteiger partial charge in [-0.15, -0.1) is 0 Å². The molecule has 0 aromatic carbocycles.